The van der Waals surface area contributed by atoms with E-state index in [1.807, 2.05) is 5.32 Å². The van der Waals surface area contributed by atoms with Crippen LogP contribution in [0.15, 0.2) is 0 Å². The summed E-state index contributed by atoms with van der Waals surface area (Å²) in [5.74, 6) is -5.70. The van der Waals surface area contributed by atoms with Crippen LogP contribution in [0.3, 0.4) is 0 Å². The van der Waals surface area contributed by atoms with Gasteiger partial charge >= 0.3 is 11.9 Å². The molecule has 0 saturated carbocycles. The summed E-state index contributed by atoms with van der Waals surface area (Å²) in [5.41, 5.74) is 10.8. The lowest BCUT2D eigenvalue weighted by Gasteiger charge is -2.24. The molecule has 0 rings (SSSR count). The van der Waals surface area contributed by atoms with Crippen LogP contribution in [-0.2, 0) is 24.0 Å². The first-order valence-corrected chi connectivity index (χ1v) is 9.73. The predicted octanol–water partition coefficient (Wildman–Crippen LogP) is -3.62. The molecule has 14 heteroatoms. The van der Waals surface area contributed by atoms with E-state index in [0.29, 0.717) is 19.4 Å². The summed E-state index contributed by atoms with van der Waals surface area (Å²) >= 11 is 3.95. The molecule has 172 valence electrons. The molecule has 0 aliphatic heterocycles. The summed E-state index contributed by atoms with van der Waals surface area (Å²) in [6, 6.07) is -5.33. The molecule has 3 amide bonds. The van der Waals surface area contributed by atoms with E-state index in [2.05, 4.69) is 23.3 Å². The number of carbonyl (C=O) groups is 5. The second kappa shape index (κ2) is 14.5. The zero-order chi connectivity index (χ0) is 23.3. The van der Waals surface area contributed by atoms with Crippen molar-refractivity contribution in [2.45, 2.75) is 49.9 Å². The topological polar surface area (TPSA) is 234 Å². The van der Waals surface area contributed by atoms with Crippen molar-refractivity contribution in [1.82, 2.24) is 16.0 Å². The number of amides is 3. The summed E-state index contributed by atoms with van der Waals surface area (Å²) in [6.45, 7) is -0.273. The van der Waals surface area contributed by atoms with Gasteiger partial charge in [-0.15, -0.1) is 0 Å². The number of rotatable bonds is 15. The number of hydrogen-bond acceptors (Lipinski definition) is 9. The monoisotopic (exact) mass is 451 g/mol. The summed E-state index contributed by atoms with van der Waals surface area (Å²) in [7, 11) is 0. The van der Waals surface area contributed by atoms with Crippen LogP contribution in [0, 0.1) is 0 Å². The fourth-order valence-electron chi connectivity index (χ4n) is 2.24. The molecule has 0 spiro atoms. The smallest absolute Gasteiger partial charge is 0.326 e. The summed E-state index contributed by atoms with van der Waals surface area (Å²) in [5, 5.41) is 33.4. The molecule has 0 aliphatic carbocycles. The van der Waals surface area contributed by atoms with E-state index >= 15 is 0 Å². The van der Waals surface area contributed by atoms with Crippen molar-refractivity contribution >= 4 is 42.3 Å². The van der Waals surface area contributed by atoms with Crippen LogP contribution in [0.2, 0.25) is 0 Å². The van der Waals surface area contributed by atoms with Gasteiger partial charge in [0.25, 0.3) is 0 Å². The van der Waals surface area contributed by atoms with E-state index in [9.17, 15) is 24.0 Å². The Bertz CT molecular complexity index is 620. The van der Waals surface area contributed by atoms with Crippen molar-refractivity contribution in [2.75, 3.05) is 18.9 Å². The van der Waals surface area contributed by atoms with Gasteiger partial charge in [0.2, 0.25) is 17.7 Å². The highest BCUT2D eigenvalue weighted by Gasteiger charge is 2.30. The summed E-state index contributed by atoms with van der Waals surface area (Å²) in [4.78, 5) is 58.6. The first-order chi connectivity index (χ1) is 14.1. The number of carbonyl (C=O) groups excluding carboxylic acids is 3. The highest BCUT2D eigenvalue weighted by molar-refractivity contribution is 7.80. The minimum atomic E-state index is -1.70. The molecule has 0 fully saturated rings. The average Bonchev–Trinajstić information content (AvgIpc) is 2.69. The van der Waals surface area contributed by atoms with Gasteiger partial charge in [-0.1, -0.05) is 0 Å². The highest BCUT2D eigenvalue weighted by Crippen LogP contribution is 2.03. The van der Waals surface area contributed by atoms with Crippen molar-refractivity contribution in [2.24, 2.45) is 11.5 Å². The Labute approximate surface area is 178 Å². The molecule has 0 aromatic heterocycles. The third kappa shape index (κ3) is 10.4. The van der Waals surface area contributed by atoms with E-state index in [-0.39, 0.29) is 12.2 Å². The van der Waals surface area contributed by atoms with Gasteiger partial charge in [0, 0.05) is 5.75 Å². The van der Waals surface area contributed by atoms with E-state index < -0.39 is 66.9 Å². The largest absolute Gasteiger partial charge is 0.481 e. The quantitative estimate of drug-likeness (QED) is 0.0875. The molecule has 10 N–H and O–H groups in total. The molecule has 0 radical (unpaired) electrons. The second-order valence-corrected chi connectivity index (χ2v) is 6.74. The number of thiol groups is 1. The summed E-state index contributed by atoms with van der Waals surface area (Å²) in [6.07, 6.45) is 0.355. The number of carboxylic acids is 2. The van der Waals surface area contributed by atoms with Gasteiger partial charge in [0.1, 0.15) is 24.2 Å². The first kappa shape index (κ1) is 27.6. The van der Waals surface area contributed by atoms with Crippen molar-refractivity contribution < 1.29 is 39.3 Å². The Morgan fingerprint density at radius 3 is 1.87 bits per heavy atom. The Morgan fingerprint density at radius 2 is 1.40 bits per heavy atom. The minimum Gasteiger partial charge on any atom is -0.481 e. The third-order valence-electron chi connectivity index (χ3n) is 3.92. The number of nitrogens with two attached hydrogens (primary N) is 2. The van der Waals surface area contributed by atoms with Crippen molar-refractivity contribution in [3.63, 3.8) is 0 Å². The lowest BCUT2D eigenvalue weighted by Crippen LogP contribution is -2.58. The van der Waals surface area contributed by atoms with Crippen LogP contribution in [0.5, 0.6) is 0 Å². The van der Waals surface area contributed by atoms with Gasteiger partial charge in [-0.05, 0) is 25.8 Å². The normalized spacial score (nSPS) is 14.7. The van der Waals surface area contributed by atoms with Gasteiger partial charge < -0.3 is 42.7 Å². The van der Waals surface area contributed by atoms with E-state index in [4.69, 9.17) is 26.8 Å². The van der Waals surface area contributed by atoms with Crippen molar-refractivity contribution in [3.05, 3.63) is 0 Å². The van der Waals surface area contributed by atoms with E-state index in [1.54, 1.807) is 0 Å². The molecule has 0 aromatic rings. The maximum absolute atomic E-state index is 12.6. The Kier molecular flexibility index (Phi) is 13.4. The molecule has 4 unspecified atom stereocenters. The van der Waals surface area contributed by atoms with Crippen LogP contribution in [0.1, 0.15) is 25.7 Å². The number of carboxylic acid groups (broad SMARTS) is 2. The molecule has 0 aliphatic rings. The maximum Gasteiger partial charge on any atom is 0.326 e. The van der Waals surface area contributed by atoms with Crippen LogP contribution < -0.4 is 27.4 Å². The molecular weight excluding hydrogens is 422 g/mol. The number of aliphatic hydroxyl groups excluding tert-OH is 1. The van der Waals surface area contributed by atoms with Crippen molar-refractivity contribution in [1.29, 1.82) is 0 Å². The van der Waals surface area contributed by atoms with Gasteiger partial charge in [0.15, 0.2) is 0 Å². The van der Waals surface area contributed by atoms with Gasteiger partial charge in [-0.3, -0.25) is 19.2 Å². The molecule has 0 heterocycles. The number of unbranched alkanes of at least 4 members (excludes halogenated alkanes) is 1. The summed E-state index contributed by atoms with van der Waals surface area (Å²) < 4.78 is 0. The Morgan fingerprint density at radius 1 is 0.867 bits per heavy atom. The van der Waals surface area contributed by atoms with E-state index in [0.717, 1.165) is 0 Å². The van der Waals surface area contributed by atoms with Crippen LogP contribution in [-0.4, -0.2) is 88.1 Å². The molecule has 30 heavy (non-hydrogen) atoms. The van der Waals surface area contributed by atoms with Crippen LogP contribution >= 0.6 is 12.6 Å². The molecule has 4 atom stereocenters. The van der Waals surface area contributed by atoms with Crippen LogP contribution in [0.4, 0.5) is 0 Å². The average molecular weight is 452 g/mol. The predicted molar refractivity (Wildman–Crippen MR) is 108 cm³/mol. The van der Waals surface area contributed by atoms with E-state index in [1.165, 1.54) is 0 Å². The number of nitrogens with one attached hydrogen (secondary N) is 3. The first-order valence-electron chi connectivity index (χ1n) is 9.10. The number of hydrogen-bond donors (Lipinski definition) is 9. The van der Waals surface area contributed by atoms with Crippen molar-refractivity contribution in [3.8, 4) is 0 Å². The van der Waals surface area contributed by atoms with Gasteiger partial charge in [-0.25, -0.2) is 4.79 Å². The third-order valence-corrected chi connectivity index (χ3v) is 4.29. The van der Waals surface area contributed by atoms with Gasteiger partial charge in [0.05, 0.1) is 13.0 Å². The zero-order valence-electron chi connectivity index (χ0n) is 16.2. The number of aliphatic carboxylic acids is 2. The zero-order valence-corrected chi connectivity index (χ0v) is 17.1. The lowest BCUT2D eigenvalue weighted by atomic mass is 10.1. The molecular formula is C16H29N5O8S. The second-order valence-electron chi connectivity index (χ2n) is 6.38. The Hall–Kier alpha value is -2.42. The Balaban J connectivity index is 5.19. The molecule has 0 aromatic carbocycles. The molecule has 0 bridgehead atoms. The lowest BCUT2D eigenvalue weighted by molar-refractivity contribution is -0.147. The highest BCUT2D eigenvalue weighted by atomic mass is 32.1. The van der Waals surface area contributed by atoms with Gasteiger partial charge in [-0.2, -0.15) is 12.6 Å². The standard InChI is InChI=1S/C16H29N5O8S/c17-4-2-1-3-9(19-13(25)8(18)6-22)14(26)21-11(7-30)15(27)20-10(16(28)29)5-12(23)24/h8-11,22,30H,1-7,17-18H2,(H,19,25)(H,20,27)(H,21,26)(H,23,24)(H,28,29). The minimum absolute atomic E-state index is 0.171. The fourth-order valence-corrected chi connectivity index (χ4v) is 2.49. The molecule has 0 saturated heterocycles. The molecule has 13 nitrogen and oxygen atoms in total. The SMILES string of the molecule is NCCCCC(NC(=O)C(N)CO)C(=O)NC(CS)C(=O)NC(CC(=O)O)C(=O)O. The number of aliphatic hydroxyl groups is 1. The van der Waals surface area contributed by atoms with Crippen LogP contribution in [0.25, 0.3) is 0 Å². The maximum atomic E-state index is 12.6. The fraction of sp³-hybridized carbons (Fsp3) is 0.688.